The topological polar surface area (TPSA) is 46.5 Å². The fraction of sp³-hybridized carbons (Fsp3) is 0. The fourth-order valence-corrected chi connectivity index (χ4v) is 2.41. The number of halogens is 4. The smallest absolute Gasteiger partial charge is 0.339 e. The zero-order chi connectivity index (χ0) is 14.9. The van der Waals surface area contributed by atoms with E-state index >= 15 is 0 Å². The summed E-state index contributed by atoms with van der Waals surface area (Å²) in [5.74, 6) is -1.88. The molecule has 0 aliphatic rings. The van der Waals surface area contributed by atoms with Crippen LogP contribution in [-0.2, 0) is 0 Å². The van der Waals surface area contributed by atoms with E-state index in [0.29, 0.717) is 4.47 Å². The van der Waals surface area contributed by atoms with Gasteiger partial charge in [-0.25, -0.2) is 9.18 Å². The average molecular weight is 380 g/mol. The molecule has 0 saturated carbocycles. The van der Waals surface area contributed by atoms with E-state index in [4.69, 9.17) is 33.0 Å². The monoisotopic (exact) mass is 378 g/mol. The Morgan fingerprint density at radius 3 is 2.60 bits per heavy atom. The van der Waals surface area contributed by atoms with E-state index in [1.165, 1.54) is 24.3 Å². The van der Waals surface area contributed by atoms with Gasteiger partial charge in [-0.3, -0.25) is 0 Å². The second-order valence-corrected chi connectivity index (χ2v) is 5.39. The normalized spacial score (nSPS) is 10.4. The van der Waals surface area contributed by atoms with Crippen molar-refractivity contribution in [3.63, 3.8) is 0 Å². The van der Waals surface area contributed by atoms with Gasteiger partial charge in [0.25, 0.3) is 0 Å². The number of benzene rings is 2. The van der Waals surface area contributed by atoms with Crippen LogP contribution in [0.4, 0.5) is 4.39 Å². The molecule has 0 radical (unpaired) electrons. The van der Waals surface area contributed by atoms with E-state index in [1.54, 1.807) is 0 Å². The molecule has 2 aromatic rings. The molecule has 2 rings (SSSR count). The lowest BCUT2D eigenvalue weighted by molar-refractivity contribution is 0.0694. The molecule has 0 amide bonds. The number of carboxylic acid groups (broad SMARTS) is 1. The zero-order valence-electron chi connectivity index (χ0n) is 9.66. The Morgan fingerprint density at radius 1 is 1.25 bits per heavy atom. The van der Waals surface area contributed by atoms with Gasteiger partial charge in [0.1, 0.15) is 17.1 Å². The van der Waals surface area contributed by atoms with E-state index < -0.39 is 11.8 Å². The average Bonchev–Trinajstić information content (AvgIpc) is 2.37. The predicted octanol–water partition coefficient (Wildman–Crippen LogP) is 5.39. The minimum atomic E-state index is -1.20. The first kappa shape index (κ1) is 15.1. The molecule has 1 N–H and O–H groups in total. The van der Waals surface area contributed by atoms with Gasteiger partial charge in [0.05, 0.1) is 14.5 Å². The SMILES string of the molecule is O=C(O)c1cccc(Cl)c1Oc1cc(F)c(Cl)cc1Br. The first-order valence-electron chi connectivity index (χ1n) is 5.24. The summed E-state index contributed by atoms with van der Waals surface area (Å²) in [7, 11) is 0. The Kier molecular flexibility index (Phi) is 4.52. The van der Waals surface area contributed by atoms with Crippen LogP contribution in [0.5, 0.6) is 11.5 Å². The third kappa shape index (κ3) is 3.06. The van der Waals surface area contributed by atoms with Gasteiger partial charge < -0.3 is 9.84 Å². The Labute approximate surface area is 132 Å². The van der Waals surface area contributed by atoms with E-state index in [0.717, 1.165) is 6.07 Å². The molecule has 0 atom stereocenters. The summed E-state index contributed by atoms with van der Waals surface area (Å²) in [5.41, 5.74) is -0.125. The third-order valence-electron chi connectivity index (χ3n) is 2.38. The maximum atomic E-state index is 13.4. The summed E-state index contributed by atoms with van der Waals surface area (Å²) in [6.07, 6.45) is 0. The van der Waals surface area contributed by atoms with E-state index in [2.05, 4.69) is 15.9 Å². The number of hydrogen-bond donors (Lipinski definition) is 1. The zero-order valence-corrected chi connectivity index (χ0v) is 12.8. The van der Waals surface area contributed by atoms with E-state index in [1.807, 2.05) is 0 Å². The van der Waals surface area contributed by atoms with Crippen LogP contribution in [0.25, 0.3) is 0 Å². The molecule has 0 fully saturated rings. The van der Waals surface area contributed by atoms with Gasteiger partial charge in [0.2, 0.25) is 0 Å². The van der Waals surface area contributed by atoms with Crippen molar-refractivity contribution in [2.75, 3.05) is 0 Å². The van der Waals surface area contributed by atoms with Crippen molar-refractivity contribution in [1.29, 1.82) is 0 Å². The highest BCUT2D eigenvalue weighted by Gasteiger charge is 2.17. The first-order chi connectivity index (χ1) is 9.40. The summed E-state index contributed by atoms with van der Waals surface area (Å²) in [6.45, 7) is 0. The summed E-state index contributed by atoms with van der Waals surface area (Å²) in [6, 6.07) is 6.65. The number of aromatic carboxylic acids is 1. The molecule has 0 unspecified atom stereocenters. The molecule has 0 bridgehead atoms. The second kappa shape index (κ2) is 5.99. The molecule has 0 aliphatic carbocycles. The van der Waals surface area contributed by atoms with Crippen molar-refractivity contribution in [3.8, 4) is 11.5 Å². The van der Waals surface area contributed by atoms with Crippen molar-refractivity contribution < 1.29 is 19.0 Å². The van der Waals surface area contributed by atoms with Crippen LogP contribution < -0.4 is 4.74 Å². The maximum absolute atomic E-state index is 13.4. The summed E-state index contributed by atoms with van der Waals surface area (Å²) >= 11 is 14.7. The van der Waals surface area contributed by atoms with Crippen molar-refractivity contribution in [1.82, 2.24) is 0 Å². The van der Waals surface area contributed by atoms with Crippen molar-refractivity contribution in [2.45, 2.75) is 0 Å². The van der Waals surface area contributed by atoms with Gasteiger partial charge in [-0.1, -0.05) is 29.3 Å². The largest absolute Gasteiger partial charge is 0.478 e. The van der Waals surface area contributed by atoms with Crippen molar-refractivity contribution >= 4 is 45.1 Å². The minimum absolute atomic E-state index is 0.0657. The number of carbonyl (C=O) groups is 1. The highest BCUT2D eigenvalue weighted by Crippen LogP contribution is 2.38. The summed E-state index contributed by atoms with van der Waals surface area (Å²) in [4.78, 5) is 11.1. The molecule has 3 nitrogen and oxygen atoms in total. The lowest BCUT2D eigenvalue weighted by Crippen LogP contribution is -2.01. The van der Waals surface area contributed by atoms with Crippen molar-refractivity contribution in [3.05, 3.63) is 56.2 Å². The minimum Gasteiger partial charge on any atom is -0.478 e. The fourth-order valence-electron chi connectivity index (χ4n) is 1.47. The van der Waals surface area contributed by atoms with Crippen LogP contribution in [0.2, 0.25) is 10.0 Å². The molecule has 0 heterocycles. The van der Waals surface area contributed by atoms with Crippen LogP contribution in [0.1, 0.15) is 10.4 Å². The molecule has 104 valence electrons. The van der Waals surface area contributed by atoms with Crippen LogP contribution in [-0.4, -0.2) is 11.1 Å². The molecule has 0 saturated heterocycles. The van der Waals surface area contributed by atoms with E-state index in [-0.39, 0.29) is 27.1 Å². The highest BCUT2D eigenvalue weighted by atomic mass is 79.9. The lowest BCUT2D eigenvalue weighted by atomic mass is 10.2. The first-order valence-corrected chi connectivity index (χ1v) is 6.79. The number of rotatable bonds is 3. The molecule has 7 heteroatoms. The second-order valence-electron chi connectivity index (χ2n) is 3.72. The molecule has 0 aromatic heterocycles. The molecular weight excluding hydrogens is 374 g/mol. The number of hydrogen-bond acceptors (Lipinski definition) is 2. The molecular formula is C13H6BrCl2FO3. The van der Waals surface area contributed by atoms with Gasteiger partial charge in [0.15, 0.2) is 5.75 Å². The molecule has 0 aliphatic heterocycles. The Bertz CT molecular complexity index is 692. The third-order valence-corrected chi connectivity index (χ3v) is 3.59. The van der Waals surface area contributed by atoms with Crippen LogP contribution in [0.15, 0.2) is 34.8 Å². The Balaban J connectivity index is 2.50. The molecule has 0 spiro atoms. The van der Waals surface area contributed by atoms with Gasteiger partial charge in [-0.05, 0) is 34.1 Å². The highest BCUT2D eigenvalue weighted by molar-refractivity contribution is 9.10. The summed E-state index contributed by atoms with van der Waals surface area (Å²) in [5, 5.41) is 9.11. The maximum Gasteiger partial charge on any atom is 0.339 e. The van der Waals surface area contributed by atoms with Crippen LogP contribution in [0, 0.1) is 5.82 Å². The van der Waals surface area contributed by atoms with Crippen LogP contribution in [0.3, 0.4) is 0 Å². The molecule has 20 heavy (non-hydrogen) atoms. The van der Waals surface area contributed by atoms with Gasteiger partial charge in [-0.2, -0.15) is 0 Å². The lowest BCUT2D eigenvalue weighted by Gasteiger charge is -2.12. The number of carboxylic acids is 1. The standard InChI is InChI=1S/C13H6BrCl2FO3/c14-7-4-9(16)10(17)5-11(7)20-12-6(13(18)19)2-1-3-8(12)15/h1-5H,(H,18,19). The quantitative estimate of drug-likeness (QED) is 0.727. The van der Waals surface area contributed by atoms with Gasteiger partial charge >= 0.3 is 5.97 Å². The predicted molar refractivity (Wildman–Crippen MR) is 77.6 cm³/mol. The number of ether oxygens (including phenoxy) is 1. The Morgan fingerprint density at radius 2 is 1.95 bits per heavy atom. The van der Waals surface area contributed by atoms with E-state index in [9.17, 15) is 9.18 Å². The molecule has 2 aromatic carbocycles. The van der Waals surface area contributed by atoms with Crippen LogP contribution >= 0.6 is 39.1 Å². The summed E-state index contributed by atoms with van der Waals surface area (Å²) < 4.78 is 19.2. The van der Waals surface area contributed by atoms with Crippen molar-refractivity contribution in [2.24, 2.45) is 0 Å². The van der Waals surface area contributed by atoms with Gasteiger partial charge in [-0.15, -0.1) is 0 Å². The Hall–Kier alpha value is -1.30. The van der Waals surface area contributed by atoms with Gasteiger partial charge in [0, 0.05) is 6.07 Å². The number of para-hydroxylation sites is 1.